The fourth-order valence-corrected chi connectivity index (χ4v) is 1.61. The molecule has 92 valence electrons. The molecule has 2 N–H and O–H groups in total. The summed E-state index contributed by atoms with van der Waals surface area (Å²) in [5, 5.41) is 11.9. The van der Waals surface area contributed by atoms with Crippen LogP contribution in [0.4, 0.5) is 11.5 Å². The van der Waals surface area contributed by atoms with Crippen molar-refractivity contribution in [2.45, 2.75) is 13.3 Å². The van der Waals surface area contributed by atoms with Gasteiger partial charge in [-0.25, -0.2) is 9.78 Å². The summed E-state index contributed by atoms with van der Waals surface area (Å²) in [6.45, 7) is 2.10. The second-order valence-electron chi connectivity index (χ2n) is 3.92. The third kappa shape index (κ3) is 2.85. The van der Waals surface area contributed by atoms with Gasteiger partial charge in [-0.1, -0.05) is 19.1 Å². The van der Waals surface area contributed by atoms with Crippen LogP contribution in [0, 0.1) is 0 Å². The Bertz CT molecular complexity index is 550. The number of hydrogen-bond acceptors (Lipinski definition) is 3. The molecule has 0 saturated carbocycles. The van der Waals surface area contributed by atoms with E-state index in [0.29, 0.717) is 5.82 Å². The molecule has 0 saturated heterocycles. The first kappa shape index (κ1) is 12.1. The highest BCUT2D eigenvalue weighted by molar-refractivity contribution is 5.87. The summed E-state index contributed by atoms with van der Waals surface area (Å²) < 4.78 is 0. The zero-order valence-corrected chi connectivity index (χ0v) is 10.1. The molecule has 4 nitrogen and oxygen atoms in total. The fourth-order valence-electron chi connectivity index (χ4n) is 1.61. The fraction of sp³-hybridized carbons (Fsp3) is 0.143. The van der Waals surface area contributed by atoms with Crippen LogP contribution in [0.15, 0.2) is 42.6 Å². The van der Waals surface area contributed by atoms with Gasteiger partial charge in [0.05, 0.1) is 5.56 Å². The summed E-state index contributed by atoms with van der Waals surface area (Å²) in [7, 11) is 0. The maximum absolute atomic E-state index is 10.7. The van der Waals surface area contributed by atoms with Crippen LogP contribution >= 0.6 is 0 Å². The Morgan fingerprint density at radius 3 is 2.78 bits per heavy atom. The molecule has 4 heteroatoms. The van der Waals surface area contributed by atoms with Gasteiger partial charge in [0.25, 0.3) is 0 Å². The summed E-state index contributed by atoms with van der Waals surface area (Å²) in [6.07, 6.45) is 2.31. The number of pyridine rings is 1. The molecule has 0 bridgehead atoms. The zero-order chi connectivity index (χ0) is 13.0. The molecular weight excluding hydrogens is 228 g/mol. The van der Waals surface area contributed by atoms with Crippen molar-refractivity contribution in [3.63, 3.8) is 0 Å². The zero-order valence-electron chi connectivity index (χ0n) is 10.1. The van der Waals surface area contributed by atoms with Crippen LogP contribution in [0.1, 0.15) is 22.8 Å². The molecule has 0 radical (unpaired) electrons. The highest BCUT2D eigenvalue weighted by Crippen LogP contribution is 2.16. The van der Waals surface area contributed by atoms with Crippen molar-refractivity contribution in [3.8, 4) is 0 Å². The van der Waals surface area contributed by atoms with E-state index in [4.69, 9.17) is 5.11 Å². The second-order valence-corrected chi connectivity index (χ2v) is 3.92. The van der Waals surface area contributed by atoms with E-state index in [2.05, 4.69) is 23.3 Å². The topological polar surface area (TPSA) is 62.2 Å². The van der Waals surface area contributed by atoms with Crippen molar-refractivity contribution < 1.29 is 9.90 Å². The first-order valence-corrected chi connectivity index (χ1v) is 5.74. The number of aromatic carboxylic acids is 1. The van der Waals surface area contributed by atoms with Crippen molar-refractivity contribution in [2.75, 3.05) is 5.32 Å². The van der Waals surface area contributed by atoms with E-state index in [1.54, 1.807) is 6.07 Å². The Kier molecular flexibility index (Phi) is 3.57. The van der Waals surface area contributed by atoms with Gasteiger partial charge in [0.15, 0.2) is 0 Å². The summed E-state index contributed by atoms with van der Waals surface area (Å²) in [6, 6.07) is 11.2. The normalized spacial score (nSPS) is 10.1. The molecule has 0 amide bonds. The predicted molar refractivity (Wildman–Crippen MR) is 70.3 cm³/mol. The van der Waals surface area contributed by atoms with Crippen LogP contribution in [0.2, 0.25) is 0 Å². The second kappa shape index (κ2) is 5.31. The van der Waals surface area contributed by atoms with Crippen LogP contribution in [0.5, 0.6) is 0 Å². The molecule has 0 aliphatic rings. The average Bonchev–Trinajstić information content (AvgIpc) is 2.39. The Balaban J connectivity index is 2.15. The Morgan fingerprint density at radius 1 is 1.33 bits per heavy atom. The molecule has 0 fully saturated rings. The highest BCUT2D eigenvalue weighted by atomic mass is 16.4. The number of aromatic nitrogens is 1. The summed E-state index contributed by atoms with van der Waals surface area (Å²) >= 11 is 0. The predicted octanol–water partition coefficient (Wildman–Crippen LogP) is 3.09. The van der Waals surface area contributed by atoms with E-state index in [0.717, 1.165) is 12.1 Å². The number of aryl methyl sites for hydroxylation is 1. The SMILES string of the molecule is CCc1cccc(Nc2ccc(C(=O)O)cn2)c1. The van der Waals surface area contributed by atoms with Gasteiger partial charge in [-0.2, -0.15) is 0 Å². The third-order valence-corrected chi connectivity index (χ3v) is 2.62. The lowest BCUT2D eigenvalue weighted by atomic mass is 10.1. The van der Waals surface area contributed by atoms with E-state index in [1.807, 2.05) is 18.2 Å². The van der Waals surface area contributed by atoms with E-state index >= 15 is 0 Å². The molecule has 2 aromatic rings. The molecule has 18 heavy (non-hydrogen) atoms. The van der Waals surface area contributed by atoms with Crippen LogP contribution in [0.3, 0.4) is 0 Å². The van der Waals surface area contributed by atoms with Crippen molar-refractivity contribution in [1.29, 1.82) is 0 Å². The smallest absolute Gasteiger partial charge is 0.337 e. The molecular formula is C14H14N2O2. The summed E-state index contributed by atoms with van der Waals surface area (Å²) in [4.78, 5) is 14.8. The molecule has 0 aliphatic heterocycles. The molecule has 1 aromatic carbocycles. The van der Waals surface area contributed by atoms with Gasteiger partial charge in [0.2, 0.25) is 0 Å². The lowest BCUT2D eigenvalue weighted by molar-refractivity contribution is 0.0696. The minimum Gasteiger partial charge on any atom is -0.478 e. The van der Waals surface area contributed by atoms with E-state index in [9.17, 15) is 4.79 Å². The molecule has 0 aliphatic carbocycles. The minimum absolute atomic E-state index is 0.183. The Morgan fingerprint density at radius 2 is 2.17 bits per heavy atom. The van der Waals surface area contributed by atoms with Gasteiger partial charge in [-0.15, -0.1) is 0 Å². The van der Waals surface area contributed by atoms with Gasteiger partial charge in [0, 0.05) is 11.9 Å². The number of benzene rings is 1. The van der Waals surface area contributed by atoms with E-state index < -0.39 is 5.97 Å². The quantitative estimate of drug-likeness (QED) is 0.864. The number of hydrogen-bond donors (Lipinski definition) is 2. The lowest BCUT2D eigenvalue weighted by Gasteiger charge is -2.07. The highest BCUT2D eigenvalue weighted by Gasteiger charge is 2.03. The molecule has 0 unspecified atom stereocenters. The number of nitrogens with one attached hydrogen (secondary N) is 1. The molecule has 1 heterocycles. The van der Waals surface area contributed by atoms with Gasteiger partial charge < -0.3 is 10.4 Å². The lowest BCUT2D eigenvalue weighted by Crippen LogP contribution is -1.99. The average molecular weight is 242 g/mol. The van der Waals surface area contributed by atoms with Crippen molar-refractivity contribution in [1.82, 2.24) is 4.98 Å². The molecule has 1 aromatic heterocycles. The number of nitrogens with zero attached hydrogens (tertiary/aromatic N) is 1. The summed E-state index contributed by atoms with van der Waals surface area (Å²) in [5.41, 5.74) is 2.37. The van der Waals surface area contributed by atoms with Gasteiger partial charge in [0.1, 0.15) is 5.82 Å². The van der Waals surface area contributed by atoms with Crippen LogP contribution in [-0.4, -0.2) is 16.1 Å². The van der Waals surface area contributed by atoms with Crippen LogP contribution in [-0.2, 0) is 6.42 Å². The first-order chi connectivity index (χ1) is 8.69. The standard InChI is InChI=1S/C14H14N2O2/c1-2-10-4-3-5-12(8-10)16-13-7-6-11(9-15-13)14(17)18/h3-9H,2H2,1H3,(H,15,16)(H,17,18). The number of carboxylic acids is 1. The number of carbonyl (C=O) groups is 1. The minimum atomic E-state index is -0.970. The van der Waals surface area contributed by atoms with Crippen molar-refractivity contribution in [2.24, 2.45) is 0 Å². The van der Waals surface area contributed by atoms with E-state index in [-0.39, 0.29) is 5.56 Å². The maximum Gasteiger partial charge on any atom is 0.337 e. The number of carboxylic acid groups (broad SMARTS) is 1. The number of anilines is 2. The Labute approximate surface area is 105 Å². The first-order valence-electron chi connectivity index (χ1n) is 5.74. The van der Waals surface area contributed by atoms with E-state index in [1.165, 1.54) is 17.8 Å². The van der Waals surface area contributed by atoms with Gasteiger partial charge in [-0.05, 0) is 36.2 Å². The van der Waals surface area contributed by atoms with Crippen molar-refractivity contribution >= 4 is 17.5 Å². The molecule has 0 atom stereocenters. The van der Waals surface area contributed by atoms with Crippen LogP contribution < -0.4 is 5.32 Å². The van der Waals surface area contributed by atoms with Crippen molar-refractivity contribution in [3.05, 3.63) is 53.7 Å². The molecule has 2 rings (SSSR count). The monoisotopic (exact) mass is 242 g/mol. The molecule has 0 spiro atoms. The third-order valence-electron chi connectivity index (χ3n) is 2.62. The van der Waals surface area contributed by atoms with Gasteiger partial charge in [-0.3, -0.25) is 0 Å². The van der Waals surface area contributed by atoms with Gasteiger partial charge >= 0.3 is 5.97 Å². The largest absolute Gasteiger partial charge is 0.478 e. The number of rotatable bonds is 4. The summed E-state index contributed by atoms with van der Waals surface area (Å²) in [5.74, 6) is -0.338. The Hall–Kier alpha value is -2.36. The maximum atomic E-state index is 10.7. The van der Waals surface area contributed by atoms with Crippen LogP contribution in [0.25, 0.3) is 0 Å².